The molecular weight excluding hydrogens is 224 g/mol. The Morgan fingerprint density at radius 3 is 2.06 bits per heavy atom. The molecule has 7 heteroatoms. The molecule has 0 fully saturated rings. The number of aliphatic hydroxyl groups is 1. The zero-order valence-corrected chi connectivity index (χ0v) is 10.5. The van der Waals surface area contributed by atoms with Crippen molar-refractivity contribution in [3.63, 3.8) is 0 Å². The zero-order chi connectivity index (χ0) is 12.9. The number of rotatable bonds is 6. The van der Waals surface area contributed by atoms with Crippen molar-refractivity contribution in [1.29, 1.82) is 0 Å². The van der Waals surface area contributed by atoms with Gasteiger partial charge in [-0.2, -0.15) is 9.97 Å². The number of nitrogens with zero attached hydrogens (tertiary/aromatic N) is 3. The third-order valence-corrected chi connectivity index (χ3v) is 2.15. The lowest BCUT2D eigenvalue weighted by Crippen LogP contribution is -2.33. The Hall–Kier alpha value is -1.63. The van der Waals surface area contributed by atoms with Gasteiger partial charge < -0.3 is 19.9 Å². The first kappa shape index (κ1) is 13.4. The van der Waals surface area contributed by atoms with E-state index in [0.29, 0.717) is 12.4 Å². The number of aliphatic hydroxyl groups excluding tert-OH is 1. The van der Waals surface area contributed by atoms with Crippen molar-refractivity contribution in [2.45, 2.75) is 25.8 Å². The van der Waals surface area contributed by atoms with Crippen molar-refractivity contribution in [2.75, 3.05) is 26.1 Å². The van der Waals surface area contributed by atoms with E-state index in [1.54, 1.807) is 0 Å². The van der Waals surface area contributed by atoms with Gasteiger partial charge >= 0.3 is 12.0 Å². The minimum absolute atomic E-state index is 0.0827. The molecule has 0 unspecified atom stereocenters. The molecule has 0 aliphatic heterocycles. The molecule has 0 saturated heterocycles. The minimum Gasteiger partial charge on any atom is -0.467 e. The Labute approximate surface area is 100 Å². The predicted molar refractivity (Wildman–Crippen MR) is 62.3 cm³/mol. The first-order valence-corrected chi connectivity index (χ1v) is 5.24. The van der Waals surface area contributed by atoms with Gasteiger partial charge in [-0.1, -0.05) is 0 Å². The molecule has 1 rings (SSSR count). The quantitative estimate of drug-likeness (QED) is 0.749. The van der Waals surface area contributed by atoms with Gasteiger partial charge in [-0.15, -0.1) is 4.98 Å². The monoisotopic (exact) mass is 242 g/mol. The summed E-state index contributed by atoms with van der Waals surface area (Å²) >= 11 is 0. The molecule has 1 heterocycles. The number of methoxy groups -OCH3 is 2. The van der Waals surface area contributed by atoms with Gasteiger partial charge in [0.25, 0.3) is 0 Å². The number of hydrogen-bond acceptors (Lipinski definition) is 7. The molecule has 0 aliphatic carbocycles. The van der Waals surface area contributed by atoms with Crippen LogP contribution in [0, 0.1) is 0 Å². The molecule has 2 N–H and O–H groups in total. The van der Waals surface area contributed by atoms with Crippen molar-refractivity contribution in [1.82, 2.24) is 15.0 Å². The van der Waals surface area contributed by atoms with E-state index in [1.165, 1.54) is 14.2 Å². The summed E-state index contributed by atoms with van der Waals surface area (Å²) in [4.78, 5) is 12.0. The fourth-order valence-electron chi connectivity index (χ4n) is 1.22. The topological polar surface area (TPSA) is 89.4 Å². The van der Waals surface area contributed by atoms with Crippen LogP contribution < -0.4 is 14.8 Å². The van der Waals surface area contributed by atoms with Crippen molar-refractivity contribution >= 4 is 5.95 Å². The van der Waals surface area contributed by atoms with Crippen LogP contribution in [0.4, 0.5) is 5.95 Å². The summed E-state index contributed by atoms with van der Waals surface area (Å²) in [5.74, 6) is 0.354. The zero-order valence-electron chi connectivity index (χ0n) is 10.5. The average Bonchev–Trinajstić information content (AvgIpc) is 2.27. The van der Waals surface area contributed by atoms with Crippen molar-refractivity contribution in [3.8, 4) is 12.0 Å². The second-order valence-electron chi connectivity index (χ2n) is 4.11. The van der Waals surface area contributed by atoms with Gasteiger partial charge in [-0.05, 0) is 20.3 Å². The highest BCUT2D eigenvalue weighted by Crippen LogP contribution is 2.18. The molecule has 0 saturated carbocycles. The van der Waals surface area contributed by atoms with E-state index in [4.69, 9.17) is 14.6 Å². The number of nitrogens with one attached hydrogen (secondary N) is 1. The SMILES string of the molecule is COc1nc(NC(C)(C)CCO)nc(OC)n1. The number of anilines is 1. The smallest absolute Gasteiger partial charge is 0.324 e. The first-order valence-electron chi connectivity index (χ1n) is 5.24. The van der Waals surface area contributed by atoms with Crippen LogP contribution in [-0.4, -0.2) is 46.4 Å². The van der Waals surface area contributed by atoms with E-state index in [9.17, 15) is 0 Å². The highest BCUT2D eigenvalue weighted by molar-refractivity contribution is 5.30. The summed E-state index contributed by atoms with van der Waals surface area (Å²) in [6.45, 7) is 3.96. The van der Waals surface area contributed by atoms with Gasteiger partial charge in [0.1, 0.15) is 0 Å². The van der Waals surface area contributed by atoms with E-state index in [0.717, 1.165) is 0 Å². The maximum Gasteiger partial charge on any atom is 0.324 e. The van der Waals surface area contributed by atoms with Crippen LogP contribution in [0.25, 0.3) is 0 Å². The average molecular weight is 242 g/mol. The molecule has 7 nitrogen and oxygen atoms in total. The molecule has 0 aromatic carbocycles. The van der Waals surface area contributed by atoms with Crippen molar-refractivity contribution in [2.24, 2.45) is 0 Å². The van der Waals surface area contributed by atoms with Gasteiger partial charge in [0.2, 0.25) is 5.95 Å². The summed E-state index contributed by atoms with van der Waals surface area (Å²) in [5.41, 5.74) is -0.327. The Kier molecular flexibility index (Phi) is 4.45. The molecular formula is C10H18N4O3. The molecule has 0 bridgehead atoms. The third kappa shape index (κ3) is 4.03. The normalized spacial score (nSPS) is 11.1. The molecule has 1 aromatic heterocycles. The number of aromatic nitrogens is 3. The van der Waals surface area contributed by atoms with Gasteiger partial charge in [-0.3, -0.25) is 0 Å². The predicted octanol–water partition coefficient (Wildman–Crippen LogP) is 0.462. The molecule has 0 aliphatic rings. The largest absolute Gasteiger partial charge is 0.467 e. The van der Waals surface area contributed by atoms with Crippen LogP contribution in [0.2, 0.25) is 0 Å². The standard InChI is InChI=1S/C10H18N4O3/c1-10(2,5-6-15)14-7-11-8(16-3)13-9(12-7)17-4/h15H,5-6H2,1-4H3,(H,11,12,13,14). The Bertz CT molecular complexity index is 348. The van der Waals surface area contributed by atoms with Crippen LogP contribution in [-0.2, 0) is 0 Å². The van der Waals surface area contributed by atoms with Crippen LogP contribution in [0.3, 0.4) is 0 Å². The van der Waals surface area contributed by atoms with Crippen molar-refractivity contribution < 1.29 is 14.6 Å². The minimum atomic E-state index is -0.327. The lowest BCUT2D eigenvalue weighted by Gasteiger charge is -2.25. The van der Waals surface area contributed by atoms with Crippen molar-refractivity contribution in [3.05, 3.63) is 0 Å². The Morgan fingerprint density at radius 1 is 1.12 bits per heavy atom. The summed E-state index contributed by atoms with van der Waals surface area (Å²) in [7, 11) is 2.94. The second kappa shape index (κ2) is 5.62. The van der Waals surface area contributed by atoms with E-state index < -0.39 is 0 Å². The lowest BCUT2D eigenvalue weighted by atomic mass is 10.0. The van der Waals surface area contributed by atoms with E-state index in [-0.39, 0.29) is 24.2 Å². The van der Waals surface area contributed by atoms with Crippen LogP contribution in [0.1, 0.15) is 20.3 Å². The second-order valence-corrected chi connectivity index (χ2v) is 4.11. The highest BCUT2D eigenvalue weighted by atomic mass is 16.5. The number of hydrogen-bond donors (Lipinski definition) is 2. The Balaban J connectivity index is 2.89. The summed E-state index contributed by atoms with van der Waals surface area (Å²) in [6.07, 6.45) is 0.573. The van der Waals surface area contributed by atoms with Gasteiger partial charge in [0.15, 0.2) is 0 Å². The lowest BCUT2D eigenvalue weighted by molar-refractivity contribution is 0.260. The van der Waals surface area contributed by atoms with E-state index >= 15 is 0 Å². The van der Waals surface area contributed by atoms with E-state index in [2.05, 4.69) is 20.3 Å². The van der Waals surface area contributed by atoms with Crippen LogP contribution in [0.15, 0.2) is 0 Å². The summed E-state index contributed by atoms with van der Waals surface area (Å²) in [5, 5.41) is 12.0. The maximum atomic E-state index is 8.94. The third-order valence-electron chi connectivity index (χ3n) is 2.15. The van der Waals surface area contributed by atoms with Gasteiger partial charge in [-0.25, -0.2) is 0 Å². The molecule has 1 aromatic rings. The van der Waals surface area contributed by atoms with Crippen LogP contribution in [0.5, 0.6) is 12.0 Å². The summed E-state index contributed by atoms with van der Waals surface area (Å²) < 4.78 is 9.88. The van der Waals surface area contributed by atoms with Gasteiger partial charge in [0, 0.05) is 12.1 Å². The molecule has 96 valence electrons. The van der Waals surface area contributed by atoms with Gasteiger partial charge in [0.05, 0.1) is 14.2 Å². The molecule has 0 amide bonds. The Morgan fingerprint density at radius 2 is 1.65 bits per heavy atom. The molecule has 0 radical (unpaired) electrons. The van der Waals surface area contributed by atoms with Crippen LogP contribution >= 0.6 is 0 Å². The molecule has 0 atom stereocenters. The molecule has 17 heavy (non-hydrogen) atoms. The molecule has 0 spiro atoms. The number of ether oxygens (including phenoxy) is 2. The summed E-state index contributed by atoms with van der Waals surface area (Å²) in [6, 6.07) is 0.360. The fraction of sp³-hybridized carbons (Fsp3) is 0.700. The van der Waals surface area contributed by atoms with E-state index in [1.807, 2.05) is 13.8 Å². The fourth-order valence-corrected chi connectivity index (χ4v) is 1.22. The highest BCUT2D eigenvalue weighted by Gasteiger charge is 2.19. The maximum absolute atomic E-state index is 8.94. The first-order chi connectivity index (χ1) is 8.00.